The quantitative estimate of drug-likeness (QED) is 0.633. The van der Waals surface area contributed by atoms with Crippen molar-refractivity contribution in [2.24, 2.45) is 0 Å². The highest BCUT2D eigenvalue weighted by Gasteiger charge is 2.16. The Bertz CT molecular complexity index is 247. The molecule has 1 aromatic carbocycles. The highest BCUT2D eigenvalue weighted by atomic mass is 35.5. The van der Waals surface area contributed by atoms with Crippen molar-refractivity contribution < 1.29 is 0 Å². The summed E-state index contributed by atoms with van der Waals surface area (Å²) in [4.78, 5) is 2.37. The molecule has 1 aliphatic rings. The van der Waals surface area contributed by atoms with E-state index in [9.17, 15) is 0 Å². The minimum atomic E-state index is 0.730. The van der Waals surface area contributed by atoms with Gasteiger partial charge in [0.15, 0.2) is 0 Å². The Hall–Kier alpha value is -0.530. The van der Waals surface area contributed by atoms with Crippen LogP contribution < -0.4 is 0 Å². The van der Waals surface area contributed by atoms with Crippen LogP contribution in [0.3, 0.4) is 0 Å². The smallest absolute Gasteiger partial charge is 0.0351 e. The van der Waals surface area contributed by atoms with Gasteiger partial charge in [-0.3, -0.25) is 4.90 Å². The van der Waals surface area contributed by atoms with E-state index in [-0.39, 0.29) is 0 Å². The molecule has 0 fully saturated rings. The van der Waals surface area contributed by atoms with Crippen molar-refractivity contribution in [3.8, 4) is 0 Å². The molecule has 0 aromatic heterocycles. The molecule has 0 saturated heterocycles. The fourth-order valence-electron chi connectivity index (χ4n) is 1.68. The van der Waals surface area contributed by atoms with E-state index in [0.717, 1.165) is 25.5 Å². The standard InChI is InChI=1S/C10H12ClN/c11-5-6-12-7-9-3-1-2-4-10(9)8-12/h1-4H,5-8H2. The largest absolute Gasteiger partial charge is 0.294 e. The minimum absolute atomic E-state index is 0.730. The molecule has 0 spiro atoms. The lowest BCUT2D eigenvalue weighted by atomic mass is 10.1. The third-order valence-corrected chi connectivity index (χ3v) is 2.48. The number of nitrogens with zero attached hydrogens (tertiary/aromatic N) is 1. The van der Waals surface area contributed by atoms with E-state index >= 15 is 0 Å². The molecule has 1 aromatic rings. The lowest BCUT2D eigenvalue weighted by Gasteiger charge is -2.11. The van der Waals surface area contributed by atoms with Crippen LogP contribution >= 0.6 is 11.6 Å². The maximum absolute atomic E-state index is 5.68. The van der Waals surface area contributed by atoms with Crippen LogP contribution in [0.2, 0.25) is 0 Å². The maximum Gasteiger partial charge on any atom is 0.0351 e. The lowest BCUT2D eigenvalue weighted by Crippen LogP contribution is -2.18. The topological polar surface area (TPSA) is 3.24 Å². The summed E-state index contributed by atoms with van der Waals surface area (Å²) in [6.45, 7) is 3.14. The second-order valence-corrected chi connectivity index (χ2v) is 3.55. The molecular formula is C10H12ClN. The molecule has 2 rings (SSSR count). The van der Waals surface area contributed by atoms with Crippen LogP contribution in [0.4, 0.5) is 0 Å². The Kier molecular flexibility index (Phi) is 2.33. The molecule has 0 bridgehead atoms. The van der Waals surface area contributed by atoms with Gasteiger partial charge >= 0.3 is 0 Å². The summed E-state index contributed by atoms with van der Waals surface area (Å²) in [5, 5.41) is 0. The summed E-state index contributed by atoms with van der Waals surface area (Å²) in [6.07, 6.45) is 0. The molecule has 2 heteroatoms. The molecule has 1 nitrogen and oxygen atoms in total. The van der Waals surface area contributed by atoms with Gasteiger partial charge in [-0.25, -0.2) is 0 Å². The van der Waals surface area contributed by atoms with Crippen LogP contribution in [0, 0.1) is 0 Å². The first-order chi connectivity index (χ1) is 5.90. The molecule has 0 N–H and O–H groups in total. The fraction of sp³-hybridized carbons (Fsp3) is 0.400. The molecule has 0 saturated carbocycles. The average Bonchev–Trinajstić information content (AvgIpc) is 2.47. The Morgan fingerprint density at radius 2 is 1.75 bits per heavy atom. The maximum atomic E-state index is 5.68. The van der Waals surface area contributed by atoms with Crippen molar-refractivity contribution in [2.75, 3.05) is 12.4 Å². The van der Waals surface area contributed by atoms with Crippen LogP contribution in [0.15, 0.2) is 24.3 Å². The molecule has 0 amide bonds. The van der Waals surface area contributed by atoms with Gasteiger partial charge in [-0.05, 0) is 11.1 Å². The van der Waals surface area contributed by atoms with Crippen LogP contribution in [0.5, 0.6) is 0 Å². The zero-order chi connectivity index (χ0) is 8.39. The monoisotopic (exact) mass is 181 g/mol. The molecule has 64 valence electrons. The summed E-state index contributed by atoms with van der Waals surface area (Å²) in [5.41, 5.74) is 2.92. The van der Waals surface area contributed by atoms with E-state index < -0.39 is 0 Å². The third-order valence-electron chi connectivity index (χ3n) is 2.31. The van der Waals surface area contributed by atoms with Crippen molar-refractivity contribution in [1.29, 1.82) is 0 Å². The zero-order valence-corrected chi connectivity index (χ0v) is 7.72. The van der Waals surface area contributed by atoms with Crippen LogP contribution in [0.25, 0.3) is 0 Å². The molecule has 1 aliphatic heterocycles. The second kappa shape index (κ2) is 3.46. The molecule has 1 heterocycles. The summed E-state index contributed by atoms with van der Waals surface area (Å²) >= 11 is 5.68. The van der Waals surface area contributed by atoms with Gasteiger partial charge in [0.05, 0.1) is 0 Å². The Balaban J connectivity index is 2.11. The van der Waals surface area contributed by atoms with Gasteiger partial charge < -0.3 is 0 Å². The molecule has 0 atom stereocenters. The van der Waals surface area contributed by atoms with E-state index in [1.165, 1.54) is 11.1 Å². The van der Waals surface area contributed by atoms with Crippen molar-refractivity contribution in [2.45, 2.75) is 13.1 Å². The van der Waals surface area contributed by atoms with Gasteiger partial charge in [0, 0.05) is 25.5 Å². The number of fused-ring (bicyclic) bond motifs is 1. The van der Waals surface area contributed by atoms with Gasteiger partial charge in [-0.15, -0.1) is 11.6 Å². The summed E-state index contributed by atoms with van der Waals surface area (Å²) in [7, 11) is 0. The van der Waals surface area contributed by atoms with Crippen molar-refractivity contribution in [1.82, 2.24) is 4.90 Å². The predicted octanol–water partition coefficient (Wildman–Crippen LogP) is 2.24. The number of alkyl halides is 1. The average molecular weight is 182 g/mol. The first-order valence-corrected chi connectivity index (χ1v) is 4.78. The van der Waals surface area contributed by atoms with E-state index in [0.29, 0.717) is 0 Å². The summed E-state index contributed by atoms with van der Waals surface area (Å²) in [5.74, 6) is 0.730. The first-order valence-electron chi connectivity index (χ1n) is 4.25. The number of rotatable bonds is 2. The van der Waals surface area contributed by atoms with Crippen molar-refractivity contribution >= 4 is 11.6 Å². The van der Waals surface area contributed by atoms with E-state index in [1.807, 2.05) is 0 Å². The van der Waals surface area contributed by atoms with Gasteiger partial charge in [0.25, 0.3) is 0 Å². The molecule has 0 aliphatic carbocycles. The SMILES string of the molecule is ClCCN1Cc2ccccc2C1. The van der Waals surface area contributed by atoms with E-state index in [2.05, 4.69) is 29.2 Å². The van der Waals surface area contributed by atoms with Gasteiger partial charge in [-0.1, -0.05) is 24.3 Å². The number of hydrogen-bond acceptors (Lipinski definition) is 1. The van der Waals surface area contributed by atoms with Gasteiger partial charge in [-0.2, -0.15) is 0 Å². The van der Waals surface area contributed by atoms with Crippen molar-refractivity contribution in [3.63, 3.8) is 0 Å². The van der Waals surface area contributed by atoms with E-state index in [1.54, 1.807) is 0 Å². The second-order valence-electron chi connectivity index (χ2n) is 3.17. The highest BCUT2D eigenvalue weighted by molar-refractivity contribution is 6.18. The molecule has 12 heavy (non-hydrogen) atoms. The zero-order valence-electron chi connectivity index (χ0n) is 6.96. The van der Waals surface area contributed by atoms with E-state index in [4.69, 9.17) is 11.6 Å². The van der Waals surface area contributed by atoms with Gasteiger partial charge in [0.2, 0.25) is 0 Å². The third kappa shape index (κ3) is 1.47. The predicted molar refractivity (Wildman–Crippen MR) is 51.3 cm³/mol. The summed E-state index contributed by atoms with van der Waals surface area (Å²) in [6, 6.07) is 8.60. The van der Waals surface area contributed by atoms with Crippen LogP contribution in [-0.4, -0.2) is 17.3 Å². The van der Waals surface area contributed by atoms with Crippen molar-refractivity contribution in [3.05, 3.63) is 35.4 Å². The normalized spacial score (nSPS) is 16.4. The number of hydrogen-bond donors (Lipinski definition) is 0. The molecule has 0 radical (unpaired) electrons. The lowest BCUT2D eigenvalue weighted by molar-refractivity contribution is 0.302. The van der Waals surface area contributed by atoms with Crippen LogP contribution in [-0.2, 0) is 13.1 Å². The molecule has 0 unspecified atom stereocenters. The first kappa shape index (κ1) is 8.09. The Morgan fingerprint density at radius 3 is 2.25 bits per heavy atom. The number of benzene rings is 1. The molecular weight excluding hydrogens is 170 g/mol. The Morgan fingerprint density at radius 1 is 1.17 bits per heavy atom. The number of halogens is 1. The van der Waals surface area contributed by atoms with Crippen LogP contribution in [0.1, 0.15) is 11.1 Å². The summed E-state index contributed by atoms with van der Waals surface area (Å²) < 4.78 is 0. The van der Waals surface area contributed by atoms with Gasteiger partial charge in [0.1, 0.15) is 0 Å². The Labute approximate surface area is 77.9 Å². The highest BCUT2D eigenvalue weighted by Crippen LogP contribution is 2.21. The fourth-order valence-corrected chi connectivity index (χ4v) is 1.92. The minimum Gasteiger partial charge on any atom is -0.294 e.